The number of benzene rings is 2. The molecule has 2 aromatic carbocycles. The van der Waals surface area contributed by atoms with Gasteiger partial charge in [-0.15, -0.1) is 0 Å². The third-order valence-electron chi connectivity index (χ3n) is 3.64. The molecule has 0 saturated heterocycles. The van der Waals surface area contributed by atoms with E-state index in [0.29, 0.717) is 16.6 Å². The van der Waals surface area contributed by atoms with Gasteiger partial charge < -0.3 is 5.73 Å². The number of hydrogen-bond acceptors (Lipinski definition) is 2. The number of nitrogens with zero attached hydrogens (tertiary/aromatic N) is 1. The zero-order valence-electron chi connectivity index (χ0n) is 11.4. The van der Waals surface area contributed by atoms with Crippen LogP contribution in [-0.4, -0.2) is 4.98 Å². The lowest BCUT2D eigenvalue weighted by Crippen LogP contribution is -2.00. The summed E-state index contributed by atoms with van der Waals surface area (Å²) in [6, 6.07) is 12.9. The molecule has 1 heterocycles. The number of anilines is 1. The molecular formula is C17H15FN2. The molecule has 2 N–H and O–H groups in total. The zero-order valence-corrected chi connectivity index (χ0v) is 11.4. The van der Waals surface area contributed by atoms with Crippen LogP contribution in [0.5, 0.6) is 0 Å². The normalized spacial score (nSPS) is 10.9. The second-order valence-corrected chi connectivity index (χ2v) is 4.95. The van der Waals surface area contributed by atoms with E-state index in [2.05, 4.69) is 4.98 Å². The van der Waals surface area contributed by atoms with E-state index in [9.17, 15) is 4.39 Å². The van der Waals surface area contributed by atoms with Gasteiger partial charge in [0.1, 0.15) is 11.3 Å². The van der Waals surface area contributed by atoms with Gasteiger partial charge in [0.15, 0.2) is 0 Å². The molecule has 0 saturated carbocycles. The van der Waals surface area contributed by atoms with Gasteiger partial charge in [-0.2, -0.15) is 0 Å². The molecule has 2 nitrogen and oxygen atoms in total. The van der Waals surface area contributed by atoms with E-state index < -0.39 is 0 Å². The van der Waals surface area contributed by atoms with Crippen LogP contribution in [0.2, 0.25) is 0 Å². The van der Waals surface area contributed by atoms with E-state index in [4.69, 9.17) is 5.73 Å². The van der Waals surface area contributed by atoms with E-state index in [1.165, 1.54) is 6.07 Å². The van der Waals surface area contributed by atoms with Crippen molar-refractivity contribution < 1.29 is 4.39 Å². The Morgan fingerprint density at radius 2 is 1.70 bits per heavy atom. The first kappa shape index (κ1) is 12.6. The molecule has 0 bridgehead atoms. The van der Waals surface area contributed by atoms with Gasteiger partial charge >= 0.3 is 0 Å². The van der Waals surface area contributed by atoms with Crippen LogP contribution in [-0.2, 0) is 0 Å². The van der Waals surface area contributed by atoms with Crippen LogP contribution in [0.25, 0.3) is 22.2 Å². The van der Waals surface area contributed by atoms with Crippen molar-refractivity contribution >= 4 is 16.6 Å². The lowest BCUT2D eigenvalue weighted by Gasteiger charge is -2.13. The minimum Gasteiger partial charge on any atom is -0.398 e. The number of halogens is 1. The highest BCUT2D eigenvalue weighted by atomic mass is 19.1. The molecule has 1 aromatic heterocycles. The van der Waals surface area contributed by atoms with Crippen LogP contribution in [0.1, 0.15) is 11.1 Å². The molecule has 3 aromatic rings. The minimum atomic E-state index is -0.338. The lowest BCUT2D eigenvalue weighted by molar-refractivity contribution is 0.636. The fourth-order valence-electron chi connectivity index (χ4n) is 2.50. The first-order chi connectivity index (χ1) is 9.59. The number of aryl methyl sites for hydroxylation is 1. The molecule has 0 radical (unpaired) electrons. The minimum absolute atomic E-state index is 0.338. The predicted octanol–water partition coefficient (Wildman–Crippen LogP) is 4.24. The van der Waals surface area contributed by atoms with Crippen LogP contribution in [0.3, 0.4) is 0 Å². The molecule has 0 aliphatic rings. The van der Waals surface area contributed by atoms with E-state index in [-0.39, 0.29) is 5.82 Å². The zero-order chi connectivity index (χ0) is 14.3. The van der Waals surface area contributed by atoms with Crippen LogP contribution >= 0.6 is 0 Å². The maximum atomic E-state index is 14.1. The largest absolute Gasteiger partial charge is 0.398 e. The molecule has 3 heteroatoms. The predicted molar refractivity (Wildman–Crippen MR) is 81.0 cm³/mol. The second kappa shape index (κ2) is 4.60. The van der Waals surface area contributed by atoms with Crippen LogP contribution in [0.15, 0.2) is 42.5 Å². The highest BCUT2D eigenvalue weighted by Gasteiger charge is 2.15. The van der Waals surface area contributed by atoms with Gasteiger partial charge in [0, 0.05) is 16.6 Å². The molecular weight excluding hydrogens is 251 g/mol. The maximum Gasteiger partial charge on any atom is 0.149 e. The Balaban J connectivity index is 2.42. The summed E-state index contributed by atoms with van der Waals surface area (Å²) in [6.45, 7) is 3.84. The Labute approximate surface area is 117 Å². The molecule has 0 fully saturated rings. The van der Waals surface area contributed by atoms with Gasteiger partial charge in [0.05, 0.1) is 5.69 Å². The molecule has 100 valence electrons. The highest BCUT2D eigenvalue weighted by molar-refractivity contribution is 5.97. The summed E-state index contributed by atoms with van der Waals surface area (Å²) in [4.78, 5) is 4.51. The Hall–Kier alpha value is -2.42. The second-order valence-electron chi connectivity index (χ2n) is 4.95. The van der Waals surface area contributed by atoms with Crippen molar-refractivity contribution in [2.45, 2.75) is 13.8 Å². The monoisotopic (exact) mass is 266 g/mol. The topological polar surface area (TPSA) is 38.9 Å². The number of aromatic nitrogens is 1. The molecule has 0 aliphatic carbocycles. The molecule has 0 unspecified atom stereocenters. The number of rotatable bonds is 1. The van der Waals surface area contributed by atoms with Crippen molar-refractivity contribution in [2.75, 3.05) is 5.73 Å². The van der Waals surface area contributed by atoms with E-state index in [1.807, 2.05) is 44.2 Å². The molecule has 20 heavy (non-hydrogen) atoms. The first-order valence-electron chi connectivity index (χ1n) is 6.50. The average molecular weight is 266 g/mol. The number of fused-ring (bicyclic) bond motifs is 1. The Morgan fingerprint density at radius 3 is 2.40 bits per heavy atom. The summed E-state index contributed by atoms with van der Waals surface area (Å²) in [5, 5.41) is 0.710. The SMILES string of the molecule is Cc1c(-c2ccccc2)nc2c(F)ccc(C)c2c1N. The average Bonchev–Trinajstić information content (AvgIpc) is 2.47. The van der Waals surface area contributed by atoms with Crippen molar-refractivity contribution in [2.24, 2.45) is 0 Å². The summed E-state index contributed by atoms with van der Waals surface area (Å²) < 4.78 is 14.1. The van der Waals surface area contributed by atoms with Gasteiger partial charge in [-0.25, -0.2) is 9.37 Å². The van der Waals surface area contributed by atoms with Crippen molar-refractivity contribution in [1.82, 2.24) is 4.98 Å². The van der Waals surface area contributed by atoms with Gasteiger partial charge in [0.25, 0.3) is 0 Å². The van der Waals surface area contributed by atoms with Crippen molar-refractivity contribution in [3.8, 4) is 11.3 Å². The quantitative estimate of drug-likeness (QED) is 0.715. The third kappa shape index (κ3) is 1.83. The highest BCUT2D eigenvalue weighted by Crippen LogP contribution is 2.33. The Kier molecular flexibility index (Phi) is 2.90. The number of pyridine rings is 1. The summed E-state index contributed by atoms with van der Waals surface area (Å²) in [7, 11) is 0. The fourth-order valence-corrected chi connectivity index (χ4v) is 2.50. The molecule has 3 rings (SSSR count). The van der Waals surface area contributed by atoms with E-state index in [1.54, 1.807) is 6.07 Å². The fraction of sp³-hybridized carbons (Fsp3) is 0.118. The molecule has 0 amide bonds. The van der Waals surface area contributed by atoms with Gasteiger partial charge in [-0.05, 0) is 31.0 Å². The van der Waals surface area contributed by atoms with Crippen molar-refractivity contribution in [3.63, 3.8) is 0 Å². The molecule has 0 aliphatic heterocycles. The van der Waals surface area contributed by atoms with E-state index in [0.717, 1.165) is 22.4 Å². The number of nitrogens with two attached hydrogens (primary N) is 1. The summed E-state index contributed by atoms with van der Waals surface area (Å²) in [6.07, 6.45) is 0. The van der Waals surface area contributed by atoms with Crippen molar-refractivity contribution in [3.05, 3.63) is 59.4 Å². The third-order valence-corrected chi connectivity index (χ3v) is 3.64. The molecule has 0 atom stereocenters. The van der Waals surface area contributed by atoms with E-state index >= 15 is 0 Å². The summed E-state index contributed by atoms with van der Waals surface area (Å²) in [5.74, 6) is -0.338. The maximum absolute atomic E-state index is 14.1. The van der Waals surface area contributed by atoms with Crippen molar-refractivity contribution in [1.29, 1.82) is 0 Å². The van der Waals surface area contributed by atoms with Crippen LogP contribution in [0.4, 0.5) is 10.1 Å². The number of hydrogen-bond donors (Lipinski definition) is 1. The Morgan fingerprint density at radius 1 is 1.00 bits per heavy atom. The van der Waals surface area contributed by atoms with Gasteiger partial charge in [-0.1, -0.05) is 36.4 Å². The Bertz CT molecular complexity index is 795. The van der Waals surface area contributed by atoms with Gasteiger partial charge in [0.2, 0.25) is 0 Å². The smallest absolute Gasteiger partial charge is 0.149 e. The standard InChI is InChI=1S/C17H15FN2/c1-10-8-9-13(18)17-14(10)15(19)11(2)16(20-17)12-6-4-3-5-7-12/h3-9H,1-2H3,(H2,19,20). The summed E-state index contributed by atoms with van der Waals surface area (Å²) in [5.41, 5.74) is 10.7. The van der Waals surface area contributed by atoms with Crippen LogP contribution < -0.4 is 5.73 Å². The number of nitrogen functional groups attached to an aromatic ring is 1. The first-order valence-corrected chi connectivity index (χ1v) is 6.50. The summed E-state index contributed by atoms with van der Waals surface area (Å²) >= 11 is 0. The van der Waals surface area contributed by atoms with Gasteiger partial charge in [-0.3, -0.25) is 0 Å². The lowest BCUT2D eigenvalue weighted by atomic mass is 9.99. The molecule has 0 spiro atoms. The van der Waals surface area contributed by atoms with Crippen LogP contribution in [0, 0.1) is 19.7 Å².